The van der Waals surface area contributed by atoms with Gasteiger partial charge < -0.3 is 5.11 Å². The van der Waals surface area contributed by atoms with Crippen LogP contribution in [0.2, 0.25) is 0 Å². The smallest absolute Gasteiger partial charge is 0.437 e. The van der Waals surface area contributed by atoms with Crippen molar-refractivity contribution >= 4 is 22.6 Å². The Hall–Kier alpha value is -0.530. The first-order valence-electron chi connectivity index (χ1n) is 2.83. The van der Waals surface area contributed by atoms with Gasteiger partial charge in [-0.1, -0.05) is 0 Å². The van der Waals surface area contributed by atoms with Crippen LogP contribution in [0.15, 0.2) is 12.3 Å². The van der Waals surface area contributed by atoms with Gasteiger partial charge in [-0.25, -0.2) is 4.98 Å². The van der Waals surface area contributed by atoms with Gasteiger partial charge in [0, 0.05) is 6.20 Å². The minimum atomic E-state index is -4.59. The lowest BCUT2D eigenvalue weighted by molar-refractivity contribution is -0.142. The second-order valence-electron chi connectivity index (χ2n) is 1.99. The van der Waals surface area contributed by atoms with Crippen molar-refractivity contribution in [3.8, 4) is 5.75 Å². The van der Waals surface area contributed by atoms with Crippen LogP contribution in [0.3, 0.4) is 0 Å². The van der Waals surface area contributed by atoms with Gasteiger partial charge >= 0.3 is 6.18 Å². The predicted octanol–water partition coefficient (Wildman–Crippen LogP) is 2.41. The molecule has 0 unspecified atom stereocenters. The van der Waals surface area contributed by atoms with Crippen LogP contribution in [0.1, 0.15) is 5.69 Å². The highest BCUT2D eigenvalue weighted by atomic mass is 127. The van der Waals surface area contributed by atoms with E-state index in [9.17, 15) is 13.2 Å². The number of aromatic nitrogens is 1. The molecule has 2 nitrogen and oxygen atoms in total. The van der Waals surface area contributed by atoms with Gasteiger partial charge in [-0.05, 0) is 28.7 Å². The van der Waals surface area contributed by atoms with E-state index in [0.717, 1.165) is 6.20 Å². The number of pyridine rings is 1. The molecule has 1 N–H and O–H groups in total. The Bertz CT molecular complexity index is 299. The van der Waals surface area contributed by atoms with Gasteiger partial charge in [0.15, 0.2) is 11.4 Å². The number of halogens is 4. The Morgan fingerprint density at radius 2 is 2.00 bits per heavy atom. The van der Waals surface area contributed by atoms with Gasteiger partial charge in [0.1, 0.15) is 0 Å². The van der Waals surface area contributed by atoms with Crippen LogP contribution in [-0.2, 0) is 6.18 Å². The Labute approximate surface area is 79.6 Å². The first kappa shape index (κ1) is 9.56. The molecule has 1 heterocycles. The fourth-order valence-corrected chi connectivity index (χ4v) is 1.05. The van der Waals surface area contributed by atoms with E-state index in [1.807, 2.05) is 0 Å². The summed E-state index contributed by atoms with van der Waals surface area (Å²) in [5, 5.41) is 8.94. The molecule has 0 aliphatic rings. The monoisotopic (exact) mass is 289 g/mol. The molecule has 0 fully saturated rings. The van der Waals surface area contributed by atoms with E-state index in [4.69, 9.17) is 5.11 Å². The first-order valence-corrected chi connectivity index (χ1v) is 3.91. The van der Waals surface area contributed by atoms with Crippen molar-refractivity contribution in [3.05, 3.63) is 21.5 Å². The molecule has 0 spiro atoms. The van der Waals surface area contributed by atoms with Crippen LogP contribution in [0, 0.1) is 3.57 Å². The highest BCUT2D eigenvalue weighted by Gasteiger charge is 2.36. The second-order valence-corrected chi connectivity index (χ2v) is 3.15. The highest BCUT2D eigenvalue weighted by molar-refractivity contribution is 14.1. The Morgan fingerprint density at radius 1 is 1.42 bits per heavy atom. The molecule has 66 valence electrons. The molecule has 0 bridgehead atoms. The van der Waals surface area contributed by atoms with Crippen molar-refractivity contribution in [3.63, 3.8) is 0 Å². The van der Waals surface area contributed by atoms with Crippen LogP contribution in [-0.4, -0.2) is 10.1 Å². The molecular formula is C6H3F3INO. The molecule has 0 atom stereocenters. The van der Waals surface area contributed by atoms with E-state index in [1.165, 1.54) is 6.07 Å². The number of hydrogen-bond acceptors (Lipinski definition) is 2. The lowest BCUT2D eigenvalue weighted by atomic mass is 10.3. The van der Waals surface area contributed by atoms with E-state index in [1.54, 1.807) is 22.6 Å². The first-order chi connectivity index (χ1) is 5.43. The van der Waals surface area contributed by atoms with Gasteiger partial charge in [0.2, 0.25) is 0 Å². The molecule has 1 aromatic heterocycles. The standard InChI is InChI=1S/C6H3F3INO/c7-6(8,9)5-4(12)3(10)1-2-11-5/h1-2,12H. The normalized spacial score (nSPS) is 11.7. The molecular weight excluding hydrogens is 286 g/mol. The maximum Gasteiger partial charge on any atom is 0.437 e. The molecule has 0 aliphatic heterocycles. The zero-order valence-corrected chi connectivity index (χ0v) is 7.72. The number of rotatable bonds is 0. The van der Waals surface area contributed by atoms with Gasteiger partial charge in [-0.3, -0.25) is 0 Å². The molecule has 0 amide bonds. The van der Waals surface area contributed by atoms with Gasteiger partial charge in [-0.15, -0.1) is 0 Å². The molecule has 12 heavy (non-hydrogen) atoms. The Balaban J connectivity index is 3.26. The zero-order valence-electron chi connectivity index (χ0n) is 5.56. The van der Waals surface area contributed by atoms with Crippen LogP contribution >= 0.6 is 22.6 Å². The SMILES string of the molecule is Oc1c(I)ccnc1C(F)(F)F. The Morgan fingerprint density at radius 3 is 2.42 bits per heavy atom. The molecule has 1 aromatic rings. The van der Waals surface area contributed by atoms with E-state index in [-0.39, 0.29) is 3.57 Å². The van der Waals surface area contributed by atoms with Gasteiger partial charge in [0.05, 0.1) is 3.57 Å². The number of aromatic hydroxyl groups is 1. The quantitative estimate of drug-likeness (QED) is 0.744. The van der Waals surface area contributed by atoms with Crippen molar-refractivity contribution in [2.45, 2.75) is 6.18 Å². The summed E-state index contributed by atoms with van der Waals surface area (Å²) < 4.78 is 36.1. The maximum atomic E-state index is 12.0. The van der Waals surface area contributed by atoms with Crippen molar-refractivity contribution in [2.24, 2.45) is 0 Å². The third-order valence-corrected chi connectivity index (χ3v) is 2.01. The molecule has 0 saturated heterocycles. The number of nitrogens with zero attached hydrogens (tertiary/aromatic N) is 1. The second kappa shape index (κ2) is 3.08. The lowest BCUT2D eigenvalue weighted by Gasteiger charge is -2.07. The average molecular weight is 289 g/mol. The molecule has 0 aliphatic carbocycles. The fourth-order valence-electron chi connectivity index (χ4n) is 0.638. The third-order valence-electron chi connectivity index (χ3n) is 1.14. The summed E-state index contributed by atoms with van der Waals surface area (Å²) in [6.07, 6.45) is -3.59. The number of alkyl halides is 3. The third kappa shape index (κ3) is 1.79. The predicted molar refractivity (Wildman–Crippen MR) is 43.6 cm³/mol. The Kier molecular flexibility index (Phi) is 2.45. The summed E-state index contributed by atoms with van der Waals surface area (Å²) in [5.74, 6) is -0.814. The highest BCUT2D eigenvalue weighted by Crippen LogP contribution is 2.35. The fraction of sp³-hybridized carbons (Fsp3) is 0.167. The van der Waals surface area contributed by atoms with E-state index < -0.39 is 17.6 Å². The largest absolute Gasteiger partial charge is 0.505 e. The average Bonchev–Trinajstić information content (AvgIpc) is 1.92. The van der Waals surface area contributed by atoms with Crippen molar-refractivity contribution in [2.75, 3.05) is 0 Å². The minimum absolute atomic E-state index is 0.134. The van der Waals surface area contributed by atoms with E-state index >= 15 is 0 Å². The van der Waals surface area contributed by atoms with E-state index in [0.29, 0.717) is 0 Å². The summed E-state index contributed by atoms with van der Waals surface area (Å²) in [5.41, 5.74) is -1.24. The molecule has 0 aromatic carbocycles. The summed E-state index contributed by atoms with van der Waals surface area (Å²) in [6, 6.07) is 1.30. The van der Waals surface area contributed by atoms with Crippen LogP contribution in [0.5, 0.6) is 5.75 Å². The molecule has 0 radical (unpaired) electrons. The summed E-state index contributed by atoms with van der Waals surface area (Å²) in [4.78, 5) is 3.03. The molecule has 0 saturated carbocycles. The lowest BCUT2D eigenvalue weighted by Crippen LogP contribution is -2.08. The van der Waals surface area contributed by atoms with Crippen LogP contribution < -0.4 is 0 Å². The summed E-state index contributed by atoms with van der Waals surface area (Å²) >= 11 is 1.60. The topological polar surface area (TPSA) is 33.1 Å². The minimum Gasteiger partial charge on any atom is -0.505 e. The number of hydrogen-bond donors (Lipinski definition) is 1. The van der Waals surface area contributed by atoms with Crippen LogP contribution in [0.4, 0.5) is 13.2 Å². The van der Waals surface area contributed by atoms with Crippen LogP contribution in [0.25, 0.3) is 0 Å². The van der Waals surface area contributed by atoms with Gasteiger partial charge in [-0.2, -0.15) is 13.2 Å². The summed E-state index contributed by atoms with van der Waals surface area (Å²) in [6.45, 7) is 0. The zero-order chi connectivity index (χ0) is 9.35. The molecule has 6 heteroatoms. The van der Waals surface area contributed by atoms with Gasteiger partial charge in [0.25, 0.3) is 0 Å². The maximum absolute atomic E-state index is 12.0. The van der Waals surface area contributed by atoms with Crippen molar-refractivity contribution in [1.29, 1.82) is 0 Å². The van der Waals surface area contributed by atoms with E-state index in [2.05, 4.69) is 4.98 Å². The molecule has 1 rings (SSSR count). The van der Waals surface area contributed by atoms with Crippen molar-refractivity contribution in [1.82, 2.24) is 4.98 Å². The summed E-state index contributed by atoms with van der Waals surface area (Å²) in [7, 11) is 0. The van der Waals surface area contributed by atoms with Crippen molar-refractivity contribution < 1.29 is 18.3 Å².